The van der Waals surface area contributed by atoms with E-state index in [0.717, 1.165) is 30.8 Å². The van der Waals surface area contributed by atoms with Crippen molar-refractivity contribution in [1.29, 1.82) is 0 Å². The topological polar surface area (TPSA) is 59.0 Å². The molecule has 0 saturated carbocycles. The van der Waals surface area contributed by atoms with E-state index in [1.54, 1.807) is 10.9 Å². The standard InChI is InChI=1S/C10H16N4O/c1-7-9(6-12-14(7)2)13-10(15)8-4-3-5-11-8/h6,8,11H,3-5H2,1-2H3,(H,13,15). The van der Waals surface area contributed by atoms with Crippen molar-refractivity contribution in [2.45, 2.75) is 25.8 Å². The smallest absolute Gasteiger partial charge is 0.241 e. The molecule has 82 valence electrons. The van der Waals surface area contributed by atoms with Crippen LogP contribution in [0.5, 0.6) is 0 Å². The number of nitrogens with zero attached hydrogens (tertiary/aromatic N) is 2. The molecule has 1 unspecified atom stereocenters. The fourth-order valence-electron chi connectivity index (χ4n) is 1.75. The van der Waals surface area contributed by atoms with Crippen molar-refractivity contribution in [1.82, 2.24) is 15.1 Å². The number of aromatic nitrogens is 2. The summed E-state index contributed by atoms with van der Waals surface area (Å²) in [6.07, 6.45) is 3.68. The van der Waals surface area contributed by atoms with Gasteiger partial charge in [-0.2, -0.15) is 5.10 Å². The van der Waals surface area contributed by atoms with E-state index in [1.807, 2.05) is 14.0 Å². The summed E-state index contributed by atoms with van der Waals surface area (Å²) in [6.45, 7) is 2.87. The Morgan fingerprint density at radius 3 is 3.07 bits per heavy atom. The molecule has 0 spiro atoms. The van der Waals surface area contributed by atoms with Gasteiger partial charge in [0.1, 0.15) is 0 Å². The van der Waals surface area contributed by atoms with Gasteiger partial charge in [0.25, 0.3) is 0 Å². The highest BCUT2D eigenvalue weighted by atomic mass is 16.2. The van der Waals surface area contributed by atoms with Crippen molar-refractivity contribution in [2.75, 3.05) is 11.9 Å². The third kappa shape index (κ3) is 2.02. The lowest BCUT2D eigenvalue weighted by Gasteiger charge is -2.10. The molecule has 1 aromatic rings. The van der Waals surface area contributed by atoms with Crippen LogP contribution < -0.4 is 10.6 Å². The molecule has 1 fully saturated rings. The van der Waals surface area contributed by atoms with Gasteiger partial charge in [0, 0.05) is 7.05 Å². The molecule has 15 heavy (non-hydrogen) atoms. The molecule has 1 saturated heterocycles. The Bertz CT molecular complexity index is 365. The molecule has 1 aromatic heterocycles. The van der Waals surface area contributed by atoms with Crippen molar-refractivity contribution in [3.63, 3.8) is 0 Å². The van der Waals surface area contributed by atoms with Crippen molar-refractivity contribution in [2.24, 2.45) is 7.05 Å². The Balaban J connectivity index is 2.02. The van der Waals surface area contributed by atoms with Gasteiger partial charge in [-0.15, -0.1) is 0 Å². The summed E-state index contributed by atoms with van der Waals surface area (Å²) in [7, 11) is 1.86. The lowest BCUT2D eigenvalue weighted by Crippen LogP contribution is -2.35. The third-order valence-electron chi connectivity index (χ3n) is 2.87. The van der Waals surface area contributed by atoms with E-state index < -0.39 is 0 Å². The Hall–Kier alpha value is -1.36. The number of amides is 1. The van der Waals surface area contributed by atoms with Crippen molar-refractivity contribution in [3.8, 4) is 0 Å². The predicted molar refractivity (Wildman–Crippen MR) is 57.6 cm³/mol. The second-order valence-electron chi connectivity index (χ2n) is 3.91. The van der Waals surface area contributed by atoms with Gasteiger partial charge in [0.05, 0.1) is 23.6 Å². The molecule has 2 N–H and O–H groups in total. The highest BCUT2D eigenvalue weighted by Crippen LogP contribution is 2.14. The summed E-state index contributed by atoms with van der Waals surface area (Å²) in [5.74, 6) is 0.0450. The van der Waals surface area contributed by atoms with Crippen LogP contribution in [0.2, 0.25) is 0 Å². The average Bonchev–Trinajstić information content (AvgIpc) is 2.83. The van der Waals surface area contributed by atoms with Crippen LogP contribution in [0, 0.1) is 6.92 Å². The molecule has 2 heterocycles. The van der Waals surface area contributed by atoms with Crippen molar-refractivity contribution in [3.05, 3.63) is 11.9 Å². The van der Waals surface area contributed by atoms with Gasteiger partial charge in [-0.05, 0) is 26.3 Å². The SMILES string of the molecule is Cc1c(NC(=O)C2CCCN2)cnn1C. The van der Waals surface area contributed by atoms with Crippen LogP contribution in [0.3, 0.4) is 0 Å². The average molecular weight is 208 g/mol. The Kier molecular flexibility index (Phi) is 2.73. The van der Waals surface area contributed by atoms with Gasteiger partial charge in [-0.1, -0.05) is 0 Å². The maximum Gasteiger partial charge on any atom is 0.241 e. The zero-order valence-electron chi connectivity index (χ0n) is 9.08. The summed E-state index contributed by atoms with van der Waals surface area (Å²) in [5.41, 5.74) is 1.78. The monoisotopic (exact) mass is 208 g/mol. The summed E-state index contributed by atoms with van der Waals surface area (Å²) < 4.78 is 1.75. The number of carbonyl (C=O) groups is 1. The molecule has 0 radical (unpaired) electrons. The molecule has 0 aliphatic carbocycles. The van der Waals surface area contributed by atoms with Crippen molar-refractivity contribution >= 4 is 11.6 Å². The van der Waals surface area contributed by atoms with E-state index >= 15 is 0 Å². The maximum atomic E-state index is 11.8. The molecule has 1 aliphatic rings. The minimum Gasteiger partial charge on any atom is -0.322 e. The van der Waals surface area contributed by atoms with Crippen LogP contribution in [0.4, 0.5) is 5.69 Å². The first-order chi connectivity index (χ1) is 7.18. The highest BCUT2D eigenvalue weighted by Gasteiger charge is 2.22. The summed E-state index contributed by atoms with van der Waals surface area (Å²) in [4.78, 5) is 11.8. The van der Waals surface area contributed by atoms with Crippen LogP contribution in [0.1, 0.15) is 18.5 Å². The fraction of sp³-hybridized carbons (Fsp3) is 0.600. The summed E-state index contributed by atoms with van der Waals surface area (Å²) in [5, 5.41) is 10.1. The molecule has 1 aliphatic heterocycles. The maximum absolute atomic E-state index is 11.8. The normalized spacial score (nSPS) is 20.5. The minimum absolute atomic E-state index is 0.0374. The minimum atomic E-state index is -0.0374. The van der Waals surface area contributed by atoms with Gasteiger partial charge >= 0.3 is 0 Å². The van der Waals surface area contributed by atoms with Crippen LogP contribution in [0.25, 0.3) is 0 Å². The highest BCUT2D eigenvalue weighted by molar-refractivity contribution is 5.95. The molecule has 0 aromatic carbocycles. The van der Waals surface area contributed by atoms with Gasteiger partial charge in [0.15, 0.2) is 0 Å². The number of hydrogen-bond acceptors (Lipinski definition) is 3. The number of rotatable bonds is 2. The first kappa shape index (κ1) is 10.2. The van der Waals surface area contributed by atoms with Crippen molar-refractivity contribution < 1.29 is 4.79 Å². The Morgan fingerprint density at radius 2 is 2.53 bits per heavy atom. The molecular formula is C10H16N4O. The fourth-order valence-corrected chi connectivity index (χ4v) is 1.75. The zero-order chi connectivity index (χ0) is 10.8. The first-order valence-electron chi connectivity index (χ1n) is 5.21. The van der Waals surface area contributed by atoms with Crippen LogP contribution >= 0.6 is 0 Å². The molecule has 2 rings (SSSR count). The molecule has 1 atom stereocenters. The third-order valence-corrected chi connectivity index (χ3v) is 2.87. The summed E-state index contributed by atoms with van der Waals surface area (Å²) in [6, 6.07) is -0.0374. The Morgan fingerprint density at radius 1 is 1.73 bits per heavy atom. The zero-order valence-corrected chi connectivity index (χ0v) is 9.08. The molecule has 1 amide bonds. The van der Waals surface area contributed by atoms with E-state index in [2.05, 4.69) is 15.7 Å². The number of nitrogens with one attached hydrogen (secondary N) is 2. The number of anilines is 1. The van der Waals surface area contributed by atoms with E-state index in [1.165, 1.54) is 0 Å². The first-order valence-corrected chi connectivity index (χ1v) is 5.21. The van der Waals surface area contributed by atoms with Gasteiger partial charge in [-0.3, -0.25) is 9.48 Å². The second kappa shape index (κ2) is 4.02. The molecule has 5 nitrogen and oxygen atoms in total. The second-order valence-corrected chi connectivity index (χ2v) is 3.91. The van der Waals surface area contributed by atoms with Crippen LogP contribution in [-0.4, -0.2) is 28.3 Å². The number of aryl methyl sites for hydroxylation is 1. The number of carbonyl (C=O) groups excluding carboxylic acids is 1. The lowest BCUT2D eigenvalue weighted by atomic mass is 10.2. The van der Waals surface area contributed by atoms with Crippen LogP contribution in [0.15, 0.2) is 6.20 Å². The largest absolute Gasteiger partial charge is 0.322 e. The van der Waals surface area contributed by atoms with E-state index in [4.69, 9.17) is 0 Å². The van der Waals surface area contributed by atoms with E-state index in [0.29, 0.717) is 0 Å². The van der Waals surface area contributed by atoms with Gasteiger partial charge in [-0.25, -0.2) is 0 Å². The predicted octanol–water partition coefficient (Wildman–Crippen LogP) is 0.419. The quantitative estimate of drug-likeness (QED) is 0.740. The molecule has 5 heteroatoms. The van der Waals surface area contributed by atoms with Gasteiger partial charge < -0.3 is 10.6 Å². The van der Waals surface area contributed by atoms with Gasteiger partial charge in [0.2, 0.25) is 5.91 Å². The lowest BCUT2D eigenvalue weighted by molar-refractivity contribution is -0.117. The summed E-state index contributed by atoms with van der Waals surface area (Å²) >= 11 is 0. The van der Waals surface area contributed by atoms with E-state index in [9.17, 15) is 4.79 Å². The molecular weight excluding hydrogens is 192 g/mol. The Labute approximate surface area is 88.8 Å². The van der Waals surface area contributed by atoms with E-state index in [-0.39, 0.29) is 11.9 Å². The number of hydrogen-bond donors (Lipinski definition) is 2. The molecule has 0 bridgehead atoms. The van der Waals surface area contributed by atoms with Crippen LogP contribution in [-0.2, 0) is 11.8 Å².